The molecule has 1 N–H and O–H groups in total. The van der Waals surface area contributed by atoms with E-state index < -0.39 is 41.0 Å². The summed E-state index contributed by atoms with van der Waals surface area (Å²) < 4.78 is 44.3. The fourth-order valence-corrected chi connectivity index (χ4v) is 4.11. The van der Waals surface area contributed by atoms with Gasteiger partial charge < -0.3 is 9.84 Å². The van der Waals surface area contributed by atoms with Crippen molar-refractivity contribution in [2.24, 2.45) is 5.41 Å². The molecule has 1 aromatic heterocycles. The SMILES string of the molecule is CC(C)(C)C1(Cc2ccc(C(F)(F)F)cc2)C(c2cccc(Cl)n2)OC(=O)N1C(=O)O. The molecule has 0 bridgehead atoms. The van der Waals surface area contributed by atoms with Gasteiger partial charge in [0.25, 0.3) is 0 Å². The first-order chi connectivity index (χ1) is 14.3. The lowest BCUT2D eigenvalue weighted by atomic mass is 9.65. The van der Waals surface area contributed by atoms with Crippen LogP contribution in [-0.2, 0) is 17.3 Å². The van der Waals surface area contributed by atoms with Crippen LogP contribution in [0.2, 0.25) is 5.15 Å². The van der Waals surface area contributed by atoms with Crippen molar-refractivity contribution in [2.75, 3.05) is 0 Å². The van der Waals surface area contributed by atoms with Gasteiger partial charge in [-0.3, -0.25) is 0 Å². The van der Waals surface area contributed by atoms with Crippen LogP contribution in [0.1, 0.15) is 43.7 Å². The number of halogens is 4. The third-order valence-corrected chi connectivity index (χ3v) is 5.69. The van der Waals surface area contributed by atoms with Gasteiger partial charge in [-0.05, 0) is 35.2 Å². The average molecular weight is 457 g/mol. The number of nitrogens with zero attached hydrogens (tertiary/aromatic N) is 2. The second kappa shape index (κ2) is 7.71. The first-order valence-electron chi connectivity index (χ1n) is 9.30. The molecule has 31 heavy (non-hydrogen) atoms. The number of carboxylic acid groups (broad SMARTS) is 1. The van der Waals surface area contributed by atoms with Crippen LogP contribution >= 0.6 is 11.6 Å². The quantitative estimate of drug-likeness (QED) is 0.577. The molecule has 3 rings (SSSR count). The fourth-order valence-electron chi connectivity index (χ4n) is 3.94. The zero-order chi connectivity index (χ0) is 23.2. The van der Waals surface area contributed by atoms with E-state index in [0.29, 0.717) is 10.5 Å². The summed E-state index contributed by atoms with van der Waals surface area (Å²) >= 11 is 6.00. The highest BCUT2D eigenvalue weighted by Gasteiger charge is 2.64. The highest BCUT2D eigenvalue weighted by Crippen LogP contribution is 2.53. The van der Waals surface area contributed by atoms with Gasteiger partial charge in [0, 0.05) is 6.42 Å². The Hall–Kier alpha value is -2.81. The predicted molar refractivity (Wildman–Crippen MR) is 106 cm³/mol. The molecular formula is C21H20ClF3N2O4. The Labute approximate surface area is 181 Å². The maximum Gasteiger partial charge on any atom is 0.420 e. The minimum atomic E-state index is -4.51. The topological polar surface area (TPSA) is 79.7 Å². The first kappa shape index (κ1) is 22.9. The van der Waals surface area contributed by atoms with Crippen LogP contribution in [0.5, 0.6) is 0 Å². The van der Waals surface area contributed by atoms with Crippen molar-refractivity contribution >= 4 is 23.8 Å². The van der Waals surface area contributed by atoms with Crippen molar-refractivity contribution in [3.05, 3.63) is 64.4 Å². The van der Waals surface area contributed by atoms with Gasteiger partial charge in [-0.1, -0.05) is 50.6 Å². The lowest BCUT2D eigenvalue weighted by molar-refractivity contribution is -0.137. The number of ether oxygens (including phenoxy) is 1. The molecule has 1 fully saturated rings. The van der Waals surface area contributed by atoms with Crippen LogP contribution in [-0.4, -0.2) is 32.7 Å². The molecule has 2 atom stereocenters. The van der Waals surface area contributed by atoms with E-state index >= 15 is 0 Å². The Morgan fingerprint density at radius 1 is 1.19 bits per heavy atom. The maximum atomic E-state index is 13.0. The Bertz CT molecular complexity index is 1000. The van der Waals surface area contributed by atoms with Gasteiger partial charge in [-0.2, -0.15) is 13.2 Å². The van der Waals surface area contributed by atoms with Gasteiger partial charge in [-0.15, -0.1) is 0 Å². The van der Waals surface area contributed by atoms with Crippen LogP contribution in [0.25, 0.3) is 0 Å². The Morgan fingerprint density at radius 2 is 1.81 bits per heavy atom. The molecule has 166 valence electrons. The van der Waals surface area contributed by atoms with Crippen molar-refractivity contribution < 1.29 is 32.6 Å². The van der Waals surface area contributed by atoms with Crippen LogP contribution < -0.4 is 0 Å². The number of cyclic esters (lactones) is 1. The van der Waals surface area contributed by atoms with E-state index in [4.69, 9.17) is 16.3 Å². The number of aromatic nitrogens is 1. The molecule has 0 aliphatic carbocycles. The summed E-state index contributed by atoms with van der Waals surface area (Å²) in [6, 6.07) is 9.03. The summed E-state index contributed by atoms with van der Waals surface area (Å²) in [6.45, 7) is 5.19. The number of carbonyl (C=O) groups excluding carboxylic acids is 1. The minimum absolute atomic E-state index is 0.0917. The molecule has 2 unspecified atom stereocenters. The Balaban J connectivity index is 2.18. The molecule has 1 aliphatic rings. The summed E-state index contributed by atoms with van der Waals surface area (Å²) in [5, 5.41) is 9.99. The standard InChI is InChI=1S/C21H20ClF3N2O4/c1-19(2,3)20(11-12-7-9-13(10-8-12)21(23,24)25)16(14-5-4-6-15(22)26-14)31-18(30)27(20)17(28)29/h4-10,16H,11H2,1-3H3,(H,28,29). The van der Waals surface area contributed by atoms with E-state index in [1.54, 1.807) is 32.9 Å². The van der Waals surface area contributed by atoms with Crippen molar-refractivity contribution in [2.45, 2.75) is 45.0 Å². The number of carbonyl (C=O) groups is 2. The minimum Gasteiger partial charge on any atom is -0.465 e. The van der Waals surface area contributed by atoms with Gasteiger partial charge in [0.1, 0.15) is 10.7 Å². The van der Waals surface area contributed by atoms with Gasteiger partial charge in [-0.25, -0.2) is 19.5 Å². The summed E-state index contributed by atoms with van der Waals surface area (Å²) in [7, 11) is 0. The maximum absolute atomic E-state index is 13.0. The van der Waals surface area contributed by atoms with Crippen LogP contribution in [0, 0.1) is 5.41 Å². The van der Waals surface area contributed by atoms with Crippen molar-refractivity contribution in [1.29, 1.82) is 0 Å². The number of hydrogen-bond donors (Lipinski definition) is 1. The largest absolute Gasteiger partial charge is 0.465 e. The molecule has 0 saturated carbocycles. The second-order valence-corrected chi connectivity index (χ2v) is 8.70. The van der Waals surface area contributed by atoms with E-state index in [0.717, 1.165) is 12.1 Å². The zero-order valence-corrected chi connectivity index (χ0v) is 17.7. The van der Waals surface area contributed by atoms with E-state index in [-0.39, 0.29) is 17.3 Å². The van der Waals surface area contributed by atoms with Gasteiger partial charge in [0.05, 0.1) is 11.3 Å². The molecule has 2 amide bonds. The summed E-state index contributed by atoms with van der Waals surface area (Å²) in [6.07, 6.45) is -8.34. The highest BCUT2D eigenvalue weighted by molar-refractivity contribution is 6.29. The Morgan fingerprint density at radius 3 is 2.29 bits per heavy atom. The van der Waals surface area contributed by atoms with Crippen molar-refractivity contribution in [3.63, 3.8) is 0 Å². The van der Waals surface area contributed by atoms with Gasteiger partial charge in [0.15, 0.2) is 6.10 Å². The zero-order valence-electron chi connectivity index (χ0n) is 16.9. The highest BCUT2D eigenvalue weighted by atomic mass is 35.5. The van der Waals surface area contributed by atoms with Gasteiger partial charge in [0.2, 0.25) is 0 Å². The molecule has 6 nitrogen and oxygen atoms in total. The van der Waals surface area contributed by atoms with Crippen LogP contribution in [0.15, 0.2) is 42.5 Å². The average Bonchev–Trinajstić information content (AvgIpc) is 2.94. The molecular weight excluding hydrogens is 437 g/mol. The third kappa shape index (κ3) is 4.06. The number of pyridine rings is 1. The first-order valence-corrected chi connectivity index (χ1v) is 9.67. The van der Waals surface area contributed by atoms with Crippen molar-refractivity contribution in [1.82, 2.24) is 9.88 Å². The third-order valence-electron chi connectivity index (χ3n) is 5.48. The molecule has 0 spiro atoms. The Kier molecular flexibility index (Phi) is 5.69. The molecule has 2 heterocycles. The number of benzene rings is 1. The summed E-state index contributed by atoms with van der Waals surface area (Å²) in [5.41, 5.74) is -2.59. The second-order valence-electron chi connectivity index (χ2n) is 8.31. The van der Waals surface area contributed by atoms with Crippen molar-refractivity contribution in [3.8, 4) is 0 Å². The molecule has 2 aromatic rings. The number of rotatable bonds is 3. The molecule has 1 saturated heterocycles. The van der Waals surface area contributed by atoms with E-state index in [1.807, 2.05) is 0 Å². The predicted octanol–water partition coefficient (Wildman–Crippen LogP) is 5.95. The summed E-state index contributed by atoms with van der Waals surface area (Å²) in [5.74, 6) is 0. The number of amides is 2. The molecule has 1 aliphatic heterocycles. The number of imide groups is 1. The fraction of sp³-hybridized carbons (Fsp3) is 0.381. The van der Waals surface area contributed by atoms with Crippen LogP contribution in [0.4, 0.5) is 22.8 Å². The molecule has 1 aromatic carbocycles. The van der Waals surface area contributed by atoms with Crippen LogP contribution in [0.3, 0.4) is 0 Å². The lowest BCUT2D eigenvalue weighted by Crippen LogP contribution is -2.60. The molecule has 10 heteroatoms. The summed E-state index contributed by atoms with van der Waals surface area (Å²) in [4.78, 5) is 29.6. The smallest absolute Gasteiger partial charge is 0.420 e. The molecule has 0 radical (unpaired) electrons. The number of hydrogen-bond acceptors (Lipinski definition) is 4. The lowest BCUT2D eigenvalue weighted by Gasteiger charge is -2.46. The van der Waals surface area contributed by atoms with Gasteiger partial charge >= 0.3 is 18.4 Å². The van der Waals surface area contributed by atoms with E-state index in [9.17, 15) is 27.9 Å². The normalized spacial score (nSPS) is 21.8. The van der Waals surface area contributed by atoms with E-state index in [2.05, 4.69) is 4.98 Å². The monoisotopic (exact) mass is 456 g/mol. The number of alkyl halides is 3. The van der Waals surface area contributed by atoms with E-state index in [1.165, 1.54) is 18.2 Å².